The number of benzene rings is 3. The summed E-state index contributed by atoms with van der Waals surface area (Å²) in [6, 6.07) is 25.2. The number of nitrogens with zero attached hydrogens (tertiary/aromatic N) is 2. The summed E-state index contributed by atoms with van der Waals surface area (Å²) in [5.41, 5.74) is 2.69. The van der Waals surface area contributed by atoms with Crippen LogP contribution in [0.1, 0.15) is 49.3 Å². The average molecular weight is 554 g/mol. The molecule has 8 heteroatoms. The number of carbonyl (C=O) groups is 3. The van der Waals surface area contributed by atoms with Crippen LogP contribution in [-0.4, -0.2) is 41.8 Å². The number of nitrogens with one attached hydrogen (secondary N) is 1. The third-order valence-corrected chi connectivity index (χ3v) is 7.17. The van der Waals surface area contributed by atoms with E-state index in [1.807, 2.05) is 47.4 Å². The fraction of sp³-hybridized carbons (Fsp3) is 0.333. The predicted octanol–water partition coefficient (Wildman–Crippen LogP) is 4.81. The van der Waals surface area contributed by atoms with Crippen LogP contribution in [0, 0.1) is 17.2 Å². The fourth-order valence-corrected chi connectivity index (χ4v) is 4.71. The van der Waals surface area contributed by atoms with E-state index in [1.54, 1.807) is 43.3 Å². The van der Waals surface area contributed by atoms with Gasteiger partial charge in [0.25, 0.3) is 0 Å². The summed E-state index contributed by atoms with van der Waals surface area (Å²) < 4.78 is 11.2. The Bertz CT molecular complexity index is 1340. The second-order valence-corrected chi connectivity index (χ2v) is 10.3. The zero-order valence-electron chi connectivity index (χ0n) is 23.3. The molecule has 0 aromatic heterocycles. The highest BCUT2D eigenvalue weighted by Crippen LogP contribution is 2.22. The van der Waals surface area contributed by atoms with E-state index in [4.69, 9.17) is 14.7 Å². The van der Waals surface area contributed by atoms with E-state index in [-0.39, 0.29) is 17.7 Å². The van der Waals surface area contributed by atoms with Gasteiger partial charge in [0.2, 0.25) is 11.8 Å². The molecule has 4 rings (SSSR count). The molecule has 8 nitrogen and oxygen atoms in total. The minimum Gasteiger partial charge on any atom is -0.489 e. The van der Waals surface area contributed by atoms with E-state index >= 15 is 0 Å². The lowest BCUT2D eigenvalue weighted by molar-refractivity contribution is -0.139. The van der Waals surface area contributed by atoms with Gasteiger partial charge < -0.3 is 19.7 Å². The number of piperidine rings is 1. The quantitative estimate of drug-likeness (QED) is 0.270. The molecule has 1 unspecified atom stereocenters. The molecule has 41 heavy (non-hydrogen) atoms. The summed E-state index contributed by atoms with van der Waals surface area (Å²) in [7, 11) is 0. The van der Waals surface area contributed by atoms with Crippen LogP contribution in [0.3, 0.4) is 0 Å². The number of nitriles is 1. The molecule has 1 heterocycles. The van der Waals surface area contributed by atoms with Crippen LogP contribution in [-0.2, 0) is 27.4 Å². The summed E-state index contributed by atoms with van der Waals surface area (Å²) in [6.07, 6.45) is 2.84. The Kier molecular flexibility index (Phi) is 10.5. The molecule has 0 bridgehead atoms. The third kappa shape index (κ3) is 9.21. The van der Waals surface area contributed by atoms with Gasteiger partial charge in [-0.2, -0.15) is 5.26 Å². The monoisotopic (exact) mass is 553 g/mol. The minimum absolute atomic E-state index is 0.101. The van der Waals surface area contributed by atoms with Crippen LogP contribution in [0.2, 0.25) is 0 Å². The van der Waals surface area contributed by atoms with Crippen LogP contribution >= 0.6 is 0 Å². The molecule has 0 aliphatic carbocycles. The van der Waals surface area contributed by atoms with Crippen LogP contribution < -0.4 is 14.8 Å². The van der Waals surface area contributed by atoms with Crippen LogP contribution in [0.25, 0.3) is 0 Å². The lowest BCUT2D eigenvalue weighted by Gasteiger charge is -2.32. The van der Waals surface area contributed by atoms with Crippen molar-refractivity contribution in [3.05, 3.63) is 95.6 Å². The number of carbonyl (C=O) groups excluding carboxylic acids is 3. The van der Waals surface area contributed by atoms with E-state index < -0.39 is 12.0 Å². The van der Waals surface area contributed by atoms with Crippen molar-refractivity contribution in [2.75, 3.05) is 13.1 Å². The lowest BCUT2D eigenvalue weighted by atomic mass is 9.92. The predicted molar refractivity (Wildman–Crippen MR) is 154 cm³/mol. The Morgan fingerprint density at radius 2 is 1.59 bits per heavy atom. The molecule has 1 saturated heterocycles. The van der Waals surface area contributed by atoms with E-state index in [2.05, 4.69) is 11.4 Å². The van der Waals surface area contributed by atoms with E-state index in [1.165, 1.54) is 0 Å². The molecule has 1 N–H and O–H groups in total. The summed E-state index contributed by atoms with van der Waals surface area (Å²) in [4.78, 5) is 39.6. The van der Waals surface area contributed by atoms with Crippen LogP contribution in [0.5, 0.6) is 11.5 Å². The van der Waals surface area contributed by atoms with Gasteiger partial charge >= 0.3 is 5.97 Å². The second-order valence-electron chi connectivity index (χ2n) is 10.3. The molecule has 1 atom stereocenters. The average Bonchev–Trinajstić information content (AvgIpc) is 3.00. The van der Waals surface area contributed by atoms with Crippen LogP contribution in [0.4, 0.5) is 0 Å². The first-order valence-corrected chi connectivity index (χ1v) is 13.9. The number of esters is 1. The van der Waals surface area contributed by atoms with Gasteiger partial charge in [-0.3, -0.25) is 9.59 Å². The van der Waals surface area contributed by atoms with Crippen molar-refractivity contribution in [1.29, 1.82) is 5.26 Å². The normalized spacial score (nSPS) is 14.0. The first-order valence-electron chi connectivity index (χ1n) is 13.9. The Morgan fingerprint density at radius 3 is 2.24 bits per heavy atom. The molecule has 212 valence electrons. The molecule has 0 radical (unpaired) electrons. The smallest absolute Gasteiger partial charge is 0.333 e. The van der Waals surface area contributed by atoms with Crippen molar-refractivity contribution < 1.29 is 23.9 Å². The van der Waals surface area contributed by atoms with Crippen molar-refractivity contribution in [1.82, 2.24) is 10.2 Å². The van der Waals surface area contributed by atoms with Gasteiger partial charge in [-0.15, -0.1) is 0 Å². The number of aryl methyl sites for hydroxylation is 1. The molecule has 0 spiro atoms. The molecular weight excluding hydrogens is 518 g/mol. The number of ether oxygens (including phenoxy) is 2. The molecule has 3 aromatic rings. The first kappa shape index (κ1) is 29.3. The summed E-state index contributed by atoms with van der Waals surface area (Å²) in [5, 5.41) is 11.6. The Labute approximate surface area is 240 Å². The number of rotatable bonds is 11. The molecular formula is C33H35N3O5. The van der Waals surface area contributed by atoms with Crippen molar-refractivity contribution in [2.24, 2.45) is 5.92 Å². The van der Waals surface area contributed by atoms with Crippen LogP contribution in [0.15, 0.2) is 78.9 Å². The highest BCUT2D eigenvalue weighted by atomic mass is 16.5. The minimum atomic E-state index is -0.791. The van der Waals surface area contributed by atoms with E-state index in [0.717, 1.165) is 24.0 Å². The van der Waals surface area contributed by atoms with Crippen molar-refractivity contribution >= 4 is 17.8 Å². The van der Waals surface area contributed by atoms with Gasteiger partial charge in [-0.05, 0) is 79.6 Å². The van der Waals surface area contributed by atoms with E-state index in [0.29, 0.717) is 56.0 Å². The number of hydrogen-bond acceptors (Lipinski definition) is 6. The second kappa shape index (κ2) is 14.7. The van der Waals surface area contributed by atoms with Gasteiger partial charge in [0.05, 0.1) is 11.6 Å². The number of hydrogen-bond donors (Lipinski definition) is 1. The maximum absolute atomic E-state index is 12.6. The van der Waals surface area contributed by atoms with Gasteiger partial charge in [0, 0.05) is 25.9 Å². The summed E-state index contributed by atoms with van der Waals surface area (Å²) in [6.45, 7) is 3.28. The van der Waals surface area contributed by atoms with E-state index in [9.17, 15) is 14.4 Å². The number of amides is 2. The van der Waals surface area contributed by atoms with Crippen molar-refractivity contribution in [3.8, 4) is 17.6 Å². The van der Waals surface area contributed by atoms with Gasteiger partial charge in [0.1, 0.15) is 24.1 Å². The van der Waals surface area contributed by atoms with Gasteiger partial charge in [-0.25, -0.2) is 4.79 Å². The molecule has 1 fully saturated rings. The fourth-order valence-electron chi connectivity index (χ4n) is 4.71. The zero-order valence-corrected chi connectivity index (χ0v) is 23.3. The van der Waals surface area contributed by atoms with Crippen molar-refractivity contribution in [2.45, 2.75) is 51.7 Å². The molecule has 3 aromatic carbocycles. The lowest BCUT2D eigenvalue weighted by Crippen LogP contribution is -2.43. The Balaban J connectivity index is 1.13. The third-order valence-electron chi connectivity index (χ3n) is 7.17. The Hall–Kier alpha value is -4.64. The summed E-state index contributed by atoms with van der Waals surface area (Å²) in [5.74, 6) is 0.547. The maximum Gasteiger partial charge on any atom is 0.333 e. The Morgan fingerprint density at radius 1 is 0.927 bits per heavy atom. The summed E-state index contributed by atoms with van der Waals surface area (Å²) >= 11 is 0. The largest absolute Gasteiger partial charge is 0.489 e. The van der Waals surface area contributed by atoms with Gasteiger partial charge in [0.15, 0.2) is 0 Å². The maximum atomic E-state index is 12.6. The topological polar surface area (TPSA) is 109 Å². The molecule has 2 amide bonds. The SMILES string of the molecule is CC(NC(=O)CC1CCN(C(=O)CCc2ccc(C#N)cc2)CC1)C(=O)Oc1ccc(OCc2ccccc2)cc1. The first-order chi connectivity index (χ1) is 19.9. The molecule has 0 saturated carbocycles. The molecule has 1 aliphatic rings. The van der Waals surface area contributed by atoms with Gasteiger partial charge in [-0.1, -0.05) is 42.5 Å². The number of likely N-dealkylation sites (tertiary alicyclic amines) is 1. The zero-order chi connectivity index (χ0) is 29.0. The molecule has 1 aliphatic heterocycles. The standard InChI is InChI=1S/C33H35N3O5/c1-24(33(39)41-30-14-12-29(13-15-30)40-23-28-5-3-2-4-6-28)35-31(37)21-26-17-19-36(20-18-26)32(38)16-11-25-7-9-27(22-34)10-8-25/h2-10,12-15,24,26H,11,16-21,23H2,1H3,(H,35,37). The highest BCUT2D eigenvalue weighted by molar-refractivity contribution is 5.85. The van der Waals surface area contributed by atoms with Crippen molar-refractivity contribution in [3.63, 3.8) is 0 Å². The highest BCUT2D eigenvalue weighted by Gasteiger charge is 2.26.